The van der Waals surface area contributed by atoms with Gasteiger partial charge in [0.1, 0.15) is 17.8 Å². The van der Waals surface area contributed by atoms with E-state index in [4.69, 9.17) is 9.47 Å². The number of ether oxygens (including phenoxy) is 2. The van der Waals surface area contributed by atoms with Gasteiger partial charge in [-0.2, -0.15) is 13.2 Å². The number of amides is 3. The van der Waals surface area contributed by atoms with Gasteiger partial charge in [0.05, 0.1) is 35.8 Å². The van der Waals surface area contributed by atoms with Gasteiger partial charge in [0.25, 0.3) is 5.91 Å². The number of carbonyl (C=O) groups excluding carboxylic acids is 2. The number of pyridine rings is 3. The van der Waals surface area contributed by atoms with Gasteiger partial charge in [-0.25, -0.2) is 14.7 Å². The van der Waals surface area contributed by atoms with E-state index in [1.807, 2.05) is 13.8 Å². The van der Waals surface area contributed by atoms with Gasteiger partial charge in [-0.15, -0.1) is 0 Å². The highest BCUT2D eigenvalue weighted by atomic mass is 19.4. The lowest BCUT2D eigenvalue weighted by Crippen LogP contribution is -2.33. The van der Waals surface area contributed by atoms with Crippen LogP contribution in [0.2, 0.25) is 0 Å². The first kappa shape index (κ1) is 25.9. The molecule has 0 unspecified atom stereocenters. The predicted octanol–water partition coefficient (Wildman–Crippen LogP) is 5.94. The second kappa shape index (κ2) is 9.86. The average molecular weight is 537 g/mol. The molecule has 12 heteroatoms. The first-order valence-electron chi connectivity index (χ1n) is 11.8. The van der Waals surface area contributed by atoms with E-state index >= 15 is 0 Å². The number of imide groups is 1. The van der Waals surface area contributed by atoms with Crippen molar-refractivity contribution in [3.8, 4) is 17.4 Å². The Morgan fingerprint density at radius 1 is 0.974 bits per heavy atom. The van der Waals surface area contributed by atoms with E-state index in [1.165, 1.54) is 7.11 Å². The number of anilines is 2. The van der Waals surface area contributed by atoms with E-state index in [2.05, 4.69) is 15.0 Å². The summed E-state index contributed by atoms with van der Waals surface area (Å²) in [4.78, 5) is 40.3. The Hall–Kier alpha value is -4.74. The highest BCUT2D eigenvalue weighted by molar-refractivity contribution is 6.27. The topological polar surface area (TPSA) is 97.8 Å². The molecule has 1 aliphatic rings. The minimum atomic E-state index is -4.64. The number of nitrogens with zero attached hydrogens (tertiary/aromatic N) is 5. The lowest BCUT2D eigenvalue weighted by molar-refractivity contribution is -0.137. The Morgan fingerprint density at radius 2 is 1.77 bits per heavy atom. The largest absolute Gasteiger partial charge is 0.481 e. The number of urea groups is 1. The van der Waals surface area contributed by atoms with E-state index in [-0.39, 0.29) is 17.3 Å². The number of hydrogen-bond donors (Lipinski definition) is 0. The third-order valence-corrected chi connectivity index (χ3v) is 6.15. The Labute approximate surface area is 220 Å². The van der Waals surface area contributed by atoms with Crippen LogP contribution in [0.4, 0.5) is 29.3 Å². The number of methoxy groups -OCH3 is 1. The van der Waals surface area contributed by atoms with Crippen LogP contribution in [-0.4, -0.2) is 40.5 Å². The molecule has 4 aromatic rings. The fourth-order valence-corrected chi connectivity index (χ4v) is 4.20. The van der Waals surface area contributed by atoms with Crippen LogP contribution in [0.1, 0.15) is 30.9 Å². The Morgan fingerprint density at radius 3 is 2.49 bits per heavy atom. The molecule has 0 spiro atoms. The quantitative estimate of drug-likeness (QED) is 0.281. The predicted molar refractivity (Wildman–Crippen MR) is 136 cm³/mol. The molecule has 4 heterocycles. The van der Waals surface area contributed by atoms with Crippen molar-refractivity contribution in [3.63, 3.8) is 0 Å². The third kappa shape index (κ3) is 4.92. The summed E-state index contributed by atoms with van der Waals surface area (Å²) in [5, 5.41) is 0. The number of hydrogen-bond acceptors (Lipinski definition) is 7. The second-order valence-electron chi connectivity index (χ2n) is 9.04. The normalized spacial score (nSPS) is 14.0. The molecule has 39 heavy (non-hydrogen) atoms. The zero-order valence-electron chi connectivity index (χ0n) is 21.1. The van der Waals surface area contributed by atoms with Crippen LogP contribution in [0.3, 0.4) is 0 Å². The lowest BCUT2D eigenvalue weighted by Gasteiger charge is -2.20. The molecule has 9 nitrogen and oxygen atoms in total. The zero-order chi connectivity index (χ0) is 27.9. The van der Waals surface area contributed by atoms with E-state index in [0.29, 0.717) is 40.2 Å². The van der Waals surface area contributed by atoms with Crippen molar-refractivity contribution in [2.45, 2.75) is 25.9 Å². The number of fused-ring (bicyclic) bond motifs is 1. The van der Waals surface area contributed by atoms with Crippen LogP contribution in [-0.2, 0) is 11.0 Å². The highest BCUT2D eigenvalue weighted by Gasteiger charge is 2.40. The van der Waals surface area contributed by atoms with Crippen molar-refractivity contribution in [2.75, 3.05) is 23.5 Å². The summed E-state index contributed by atoms with van der Waals surface area (Å²) in [7, 11) is 1.51. The van der Waals surface area contributed by atoms with Crippen LogP contribution in [0.5, 0.6) is 17.4 Å². The van der Waals surface area contributed by atoms with Crippen molar-refractivity contribution >= 4 is 34.3 Å². The van der Waals surface area contributed by atoms with Gasteiger partial charge in [0, 0.05) is 24.5 Å². The molecule has 1 fully saturated rings. The number of halogens is 3. The maximum Gasteiger partial charge on any atom is 0.417 e. The van der Waals surface area contributed by atoms with Gasteiger partial charge < -0.3 is 9.47 Å². The third-order valence-electron chi connectivity index (χ3n) is 6.15. The number of aromatic nitrogens is 3. The van der Waals surface area contributed by atoms with Crippen molar-refractivity contribution in [3.05, 3.63) is 72.2 Å². The summed E-state index contributed by atoms with van der Waals surface area (Å²) in [6.07, 6.45) is -1.27. The monoisotopic (exact) mass is 537 g/mol. The molecule has 0 N–H and O–H groups in total. The van der Waals surface area contributed by atoms with Gasteiger partial charge >= 0.3 is 12.2 Å². The van der Waals surface area contributed by atoms with Crippen LogP contribution in [0, 0.1) is 0 Å². The van der Waals surface area contributed by atoms with Crippen LogP contribution < -0.4 is 19.3 Å². The molecule has 1 saturated heterocycles. The van der Waals surface area contributed by atoms with Crippen molar-refractivity contribution < 1.29 is 32.2 Å². The van der Waals surface area contributed by atoms with Gasteiger partial charge in [-0.1, -0.05) is 13.8 Å². The smallest absolute Gasteiger partial charge is 0.417 e. The number of rotatable bonds is 6. The van der Waals surface area contributed by atoms with Crippen LogP contribution in [0.25, 0.3) is 11.0 Å². The summed E-state index contributed by atoms with van der Waals surface area (Å²) in [5.74, 6) is 0.643. The number of carbonyl (C=O) groups is 2. The molecule has 0 aliphatic carbocycles. The van der Waals surface area contributed by atoms with Crippen molar-refractivity contribution in [2.24, 2.45) is 0 Å². The van der Waals surface area contributed by atoms with E-state index < -0.39 is 30.2 Å². The van der Waals surface area contributed by atoms with Crippen LogP contribution in [0.15, 0.2) is 61.1 Å². The van der Waals surface area contributed by atoms with Gasteiger partial charge in [0.15, 0.2) is 5.75 Å². The average Bonchev–Trinajstić information content (AvgIpc) is 3.21. The number of benzene rings is 1. The van der Waals surface area contributed by atoms with Crippen molar-refractivity contribution in [1.29, 1.82) is 0 Å². The zero-order valence-corrected chi connectivity index (χ0v) is 21.1. The minimum Gasteiger partial charge on any atom is -0.481 e. The second-order valence-corrected chi connectivity index (χ2v) is 9.04. The van der Waals surface area contributed by atoms with Gasteiger partial charge in [-0.05, 0) is 41.8 Å². The van der Waals surface area contributed by atoms with E-state index in [9.17, 15) is 22.8 Å². The summed E-state index contributed by atoms with van der Waals surface area (Å²) in [6.45, 7) is 3.42. The Balaban J connectivity index is 1.47. The molecule has 1 aliphatic heterocycles. The SMILES string of the molecule is COc1ccc2nccc(Oc3ccc(N4C(=O)CN(c5cncc(C(F)(F)F)c5)C4=O)cc3C(C)C)c2n1. The maximum atomic E-state index is 13.2. The molecule has 0 atom stereocenters. The van der Waals surface area contributed by atoms with Crippen molar-refractivity contribution in [1.82, 2.24) is 15.0 Å². The molecular weight excluding hydrogens is 515 g/mol. The minimum absolute atomic E-state index is 0.0767. The summed E-state index contributed by atoms with van der Waals surface area (Å²) in [6, 6.07) is 9.96. The molecule has 0 bridgehead atoms. The molecular formula is C27H22F3N5O4. The molecule has 0 saturated carbocycles. The number of alkyl halides is 3. The van der Waals surface area contributed by atoms with E-state index in [1.54, 1.807) is 42.6 Å². The lowest BCUT2D eigenvalue weighted by atomic mass is 10.0. The molecule has 3 aromatic heterocycles. The standard InChI is InChI=1S/C27H22F3N5O4/c1-15(2)19-11-17(4-6-21(19)39-22-8-9-32-20-5-7-23(38-3)33-25(20)22)35-24(36)14-34(26(35)37)18-10-16(12-31-13-18)27(28,29)30/h4-13,15H,14H2,1-3H3. The van der Waals surface area contributed by atoms with E-state index in [0.717, 1.165) is 22.1 Å². The molecule has 1 aromatic carbocycles. The first-order chi connectivity index (χ1) is 18.6. The molecule has 200 valence electrons. The summed E-state index contributed by atoms with van der Waals surface area (Å²) >= 11 is 0. The molecule has 3 amide bonds. The molecule has 5 rings (SSSR count). The highest BCUT2D eigenvalue weighted by Crippen LogP contribution is 2.38. The Kier molecular flexibility index (Phi) is 6.54. The Bertz CT molecular complexity index is 1590. The summed E-state index contributed by atoms with van der Waals surface area (Å²) in [5.41, 5.74) is 0.919. The van der Waals surface area contributed by atoms with Crippen LogP contribution >= 0.6 is 0 Å². The fourth-order valence-electron chi connectivity index (χ4n) is 4.20. The van der Waals surface area contributed by atoms with Gasteiger partial charge in [0.2, 0.25) is 5.88 Å². The molecule has 0 radical (unpaired) electrons. The summed E-state index contributed by atoms with van der Waals surface area (Å²) < 4.78 is 50.9. The van der Waals surface area contributed by atoms with Gasteiger partial charge in [-0.3, -0.25) is 19.7 Å². The first-order valence-corrected chi connectivity index (χ1v) is 11.8. The fraction of sp³-hybridized carbons (Fsp3) is 0.222. The maximum absolute atomic E-state index is 13.2.